The van der Waals surface area contributed by atoms with Crippen LogP contribution in [-0.2, 0) is 0 Å². The molecule has 2 fully saturated rings. The van der Waals surface area contributed by atoms with E-state index in [-0.39, 0.29) is 5.60 Å². The van der Waals surface area contributed by atoms with Crippen LogP contribution in [0, 0.1) is 17.8 Å². The molecule has 0 spiro atoms. The van der Waals surface area contributed by atoms with Gasteiger partial charge in [-0.1, -0.05) is 26.7 Å². The lowest BCUT2D eigenvalue weighted by Gasteiger charge is -2.34. The van der Waals surface area contributed by atoms with Crippen LogP contribution < -0.4 is 0 Å². The molecule has 0 aromatic rings. The zero-order chi connectivity index (χ0) is 9.47. The smallest absolute Gasteiger partial charge is 0.0703 e. The van der Waals surface area contributed by atoms with Gasteiger partial charge >= 0.3 is 0 Å². The molecule has 0 radical (unpaired) electrons. The van der Waals surface area contributed by atoms with Gasteiger partial charge in [0, 0.05) is 0 Å². The van der Waals surface area contributed by atoms with Crippen LogP contribution in [0.4, 0.5) is 0 Å². The molecule has 2 aliphatic rings. The third-order valence-electron chi connectivity index (χ3n) is 4.38. The van der Waals surface area contributed by atoms with E-state index in [1.807, 2.05) is 0 Å². The first-order valence-corrected chi connectivity index (χ1v) is 5.91. The Labute approximate surface area is 81.5 Å². The van der Waals surface area contributed by atoms with Gasteiger partial charge in [-0.3, -0.25) is 0 Å². The van der Waals surface area contributed by atoms with Crippen molar-refractivity contribution in [1.29, 1.82) is 0 Å². The van der Waals surface area contributed by atoms with Crippen molar-refractivity contribution < 1.29 is 5.11 Å². The maximum absolute atomic E-state index is 10.6. The Morgan fingerprint density at radius 3 is 2.23 bits per heavy atom. The van der Waals surface area contributed by atoms with Gasteiger partial charge in [0.2, 0.25) is 0 Å². The standard InChI is InChI=1S/C12H22O/c1-3-12(13,11-8-9(11)2)10-6-4-5-7-10/h9-11,13H,3-8H2,1-2H3. The summed E-state index contributed by atoms with van der Waals surface area (Å²) in [5, 5.41) is 10.6. The van der Waals surface area contributed by atoms with Gasteiger partial charge in [0.1, 0.15) is 0 Å². The summed E-state index contributed by atoms with van der Waals surface area (Å²) in [6.07, 6.45) is 7.46. The number of aliphatic hydroxyl groups is 1. The van der Waals surface area contributed by atoms with Crippen LogP contribution in [0.15, 0.2) is 0 Å². The minimum absolute atomic E-state index is 0.296. The van der Waals surface area contributed by atoms with Gasteiger partial charge in [-0.25, -0.2) is 0 Å². The average Bonchev–Trinajstić information content (AvgIpc) is 2.71. The van der Waals surface area contributed by atoms with Crippen molar-refractivity contribution in [2.75, 3.05) is 0 Å². The molecule has 13 heavy (non-hydrogen) atoms. The zero-order valence-corrected chi connectivity index (χ0v) is 8.92. The van der Waals surface area contributed by atoms with Crippen molar-refractivity contribution in [3.63, 3.8) is 0 Å². The maximum atomic E-state index is 10.6. The minimum Gasteiger partial charge on any atom is -0.389 e. The first-order valence-electron chi connectivity index (χ1n) is 5.91. The average molecular weight is 182 g/mol. The van der Waals surface area contributed by atoms with E-state index in [0.29, 0.717) is 11.8 Å². The molecular weight excluding hydrogens is 160 g/mol. The van der Waals surface area contributed by atoms with Crippen LogP contribution in [0.25, 0.3) is 0 Å². The lowest BCUT2D eigenvalue weighted by molar-refractivity contribution is -0.0441. The summed E-state index contributed by atoms with van der Waals surface area (Å²) in [6.45, 7) is 4.43. The fourth-order valence-corrected chi connectivity index (χ4v) is 3.30. The van der Waals surface area contributed by atoms with Crippen LogP contribution >= 0.6 is 0 Å². The summed E-state index contributed by atoms with van der Waals surface area (Å²) in [5.41, 5.74) is -0.296. The molecule has 76 valence electrons. The molecule has 1 N–H and O–H groups in total. The van der Waals surface area contributed by atoms with Crippen molar-refractivity contribution >= 4 is 0 Å². The molecule has 0 aliphatic heterocycles. The van der Waals surface area contributed by atoms with Crippen molar-refractivity contribution in [1.82, 2.24) is 0 Å². The third kappa shape index (κ3) is 1.52. The molecule has 0 saturated heterocycles. The van der Waals surface area contributed by atoms with Crippen LogP contribution in [0.3, 0.4) is 0 Å². The van der Waals surface area contributed by atoms with E-state index in [1.165, 1.54) is 32.1 Å². The molecule has 0 heterocycles. The van der Waals surface area contributed by atoms with Crippen LogP contribution in [-0.4, -0.2) is 10.7 Å². The van der Waals surface area contributed by atoms with E-state index in [4.69, 9.17) is 0 Å². The fourth-order valence-electron chi connectivity index (χ4n) is 3.30. The van der Waals surface area contributed by atoms with Crippen LogP contribution in [0.5, 0.6) is 0 Å². The molecule has 1 heteroatoms. The van der Waals surface area contributed by atoms with Gasteiger partial charge < -0.3 is 5.11 Å². The lowest BCUT2D eigenvalue weighted by Crippen LogP contribution is -2.38. The summed E-state index contributed by atoms with van der Waals surface area (Å²) < 4.78 is 0. The van der Waals surface area contributed by atoms with Crippen LogP contribution in [0.2, 0.25) is 0 Å². The summed E-state index contributed by atoms with van der Waals surface area (Å²) in [7, 11) is 0. The molecule has 0 amide bonds. The van der Waals surface area contributed by atoms with Crippen molar-refractivity contribution in [3.05, 3.63) is 0 Å². The van der Waals surface area contributed by atoms with Gasteiger partial charge in [0.05, 0.1) is 5.60 Å². The van der Waals surface area contributed by atoms with E-state index in [2.05, 4.69) is 13.8 Å². The Balaban J connectivity index is 2.04. The van der Waals surface area contributed by atoms with Gasteiger partial charge in [-0.2, -0.15) is 0 Å². The molecule has 2 rings (SSSR count). The second kappa shape index (κ2) is 3.27. The van der Waals surface area contributed by atoms with E-state index in [0.717, 1.165) is 12.3 Å². The SMILES string of the molecule is CCC(O)(C1CCCC1)C1CC1C. The Morgan fingerprint density at radius 1 is 1.31 bits per heavy atom. The Hall–Kier alpha value is -0.0400. The first kappa shape index (κ1) is 9.51. The summed E-state index contributed by atoms with van der Waals surface area (Å²) in [5.74, 6) is 2.03. The molecule has 2 saturated carbocycles. The summed E-state index contributed by atoms with van der Waals surface area (Å²) in [4.78, 5) is 0. The molecule has 2 aliphatic carbocycles. The van der Waals surface area contributed by atoms with E-state index in [9.17, 15) is 5.11 Å². The highest BCUT2D eigenvalue weighted by Crippen LogP contribution is 2.53. The molecule has 1 nitrogen and oxygen atoms in total. The predicted octanol–water partition coefficient (Wildman–Crippen LogP) is 2.97. The molecule has 0 aromatic heterocycles. The van der Waals surface area contributed by atoms with Crippen molar-refractivity contribution in [2.24, 2.45) is 17.8 Å². The fraction of sp³-hybridized carbons (Fsp3) is 1.00. The number of hydrogen-bond acceptors (Lipinski definition) is 1. The highest BCUT2D eigenvalue weighted by atomic mass is 16.3. The van der Waals surface area contributed by atoms with Crippen molar-refractivity contribution in [2.45, 2.75) is 58.0 Å². The zero-order valence-electron chi connectivity index (χ0n) is 8.92. The first-order chi connectivity index (χ1) is 6.18. The van der Waals surface area contributed by atoms with Crippen molar-refractivity contribution in [3.8, 4) is 0 Å². The van der Waals surface area contributed by atoms with E-state index < -0.39 is 0 Å². The third-order valence-corrected chi connectivity index (χ3v) is 4.38. The van der Waals surface area contributed by atoms with Gasteiger partial charge in [0.25, 0.3) is 0 Å². The highest BCUT2D eigenvalue weighted by molar-refractivity contribution is 5.02. The predicted molar refractivity (Wildman–Crippen MR) is 54.5 cm³/mol. The quantitative estimate of drug-likeness (QED) is 0.711. The topological polar surface area (TPSA) is 20.2 Å². The Bertz CT molecular complexity index is 184. The lowest BCUT2D eigenvalue weighted by atomic mass is 9.79. The second-order valence-corrected chi connectivity index (χ2v) is 5.15. The minimum atomic E-state index is -0.296. The van der Waals surface area contributed by atoms with E-state index >= 15 is 0 Å². The van der Waals surface area contributed by atoms with Gasteiger partial charge in [0.15, 0.2) is 0 Å². The largest absolute Gasteiger partial charge is 0.389 e. The summed E-state index contributed by atoms with van der Waals surface area (Å²) in [6, 6.07) is 0. The Morgan fingerprint density at radius 2 is 1.85 bits per heavy atom. The van der Waals surface area contributed by atoms with E-state index in [1.54, 1.807) is 0 Å². The second-order valence-electron chi connectivity index (χ2n) is 5.15. The normalized spacial score (nSPS) is 39.0. The molecule has 0 bridgehead atoms. The molecular formula is C12H22O. The monoisotopic (exact) mass is 182 g/mol. The summed E-state index contributed by atoms with van der Waals surface area (Å²) >= 11 is 0. The number of rotatable bonds is 3. The highest BCUT2D eigenvalue weighted by Gasteiger charge is 2.52. The number of hydrogen-bond donors (Lipinski definition) is 1. The van der Waals surface area contributed by atoms with Gasteiger partial charge in [-0.15, -0.1) is 0 Å². The van der Waals surface area contributed by atoms with Gasteiger partial charge in [-0.05, 0) is 43.4 Å². The molecule has 3 unspecified atom stereocenters. The Kier molecular flexibility index (Phi) is 2.39. The molecule has 3 atom stereocenters. The molecule has 0 aromatic carbocycles. The van der Waals surface area contributed by atoms with Crippen LogP contribution in [0.1, 0.15) is 52.4 Å². The maximum Gasteiger partial charge on any atom is 0.0703 e.